The lowest BCUT2D eigenvalue weighted by Gasteiger charge is -2.31. The summed E-state index contributed by atoms with van der Waals surface area (Å²) in [6, 6.07) is 14.3. The highest BCUT2D eigenvalue weighted by atomic mass is 16.1. The molecule has 1 aromatic carbocycles. The van der Waals surface area contributed by atoms with Crippen LogP contribution in [0.2, 0.25) is 0 Å². The van der Waals surface area contributed by atoms with Gasteiger partial charge in [-0.3, -0.25) is 14.7 Å². The number of rotatable bonds is 5. The average Bonchev–Trinajstić information content (AvgIpc) is 2.63. The first kappa shape index (κ1) is 16.7. The summed E-state index contributed by atoms with van der Waals surface area (Å²) < 4.78 is 0. The van der Waals surface area contributed by atoms with Crippen molar-refractivity contribution < 1.29 is 4.79 Å². The summed E-state index contributed by atoms with van der Waals surface area (Å²) in [4.78, 5) is 19.0. The molecule has 1 aliphatic rings. The summed E-state index contributed by atoms with van der Waals surface area (Å²) in [5, 5.41) is 3.02. The first-order chi connectivity index (χ1) is 11.7. The number of amides is 1. The van der Waals surface area contributed by atoms with Gasteiger partial charge < -0.3 is 5.32 Å². The number of carbonyl (C=O) groups excluding carboxylic acids is 1. The van der Waals surface area contributed by atoms with Gasteiger partial charge >= 0.3 is 0 Å². The molecule has 1 amide bonds. The molecule has 1 fully saturated rings. The molecular formula is C20H25N3O. The molecule has 0 atom stereocenters. The van der Waals surface area contributed by atoms with Gasteiger partial charge in [0.15, 0.2) is 0 Å². The van der Waals surface area contributed by atoms with Gasteiger partial charge in [-0.05, 0) is 56.1 Å². The standard InChI is InChI=1S/C20H25N3O/c1-16-6-2-3-7-18(16)15-23-12-9-17(10-13-23)20(24)22-14-19-8-4-5-11-21-19/h2-8,11,17H,9-10,12-15H2,1H3,(H,22,24). The predicted molar refractivity (Wildman–Crippen MR) is 95.3 cm³/mol. The van der Waals surface area contributed by atoms with Crippen LogP contribution >= 0.6 is 0 Å². The molecule has 4 nitrogen and oxygen atoms in total. The van der Waals surface area contributed by atoms with E-state index in [1.54, 1.807) is 6.20 Å². The fourth-order valence-electron chi connectivity index (χ4n) is 3.21. The Kier molecular flexibility index (Phi) is 5.59. The van der Waals surface area contributed by atoms with Crippen molar-refractivity contribution in [1.82, 2.24) is 15.2 Å². The van der Waals surface area contributed by atoms with Crippen molar-refractivity contribution in [3.05, 3.63) is 65.5 Å². The number of hydrogen-bond donors (Lipinski definition) is 1. The van der Waals surface area contributed by atoms with Gasteiger partial charge in [0.05, 0.1) is 12.2 Å². The van der Waals surface area contributed by atoms with Crippen LogP contribution < -0.4 is 5.32 Å². The number of nitrogens with one attached hydrogen (secondary N) is 1. The van der Waals surface area contributed by atoms with Crippen LogP contribution in [-0.2, 0) is 17.9 Å². The molecule has 24 heavy (non-hydrogen) atoms. The fraction of sp³-hybridized carbons (Fsp3) is 0.400. The van der Waals surface area contributed by atoms with Gasteiger partial charge in [0, 0.05) is 18.7 Å². The van der Waals surface area contributed by atoms with Crippen LogP contribution in [-0.4, -0.2) is 28.9 Å². The van der Waals surface area contributed by atoms with E-state index in [9.17, 15) is 4.79 Å². The van der Waals surface area contributed by atoms with Crippen LogP contribution in [0.15, 0.2) is 48.7 Å². The Hall–Kier alpha value is -2.20. The lowest BCUT2D eigenvalue weighted by atomic mass is 9.95. The van der Waals surface area contributed by atoms with E-state index < -0.39 is 0 Å². The molecule has 1 aromatic heterocycles. The van der Waals surface area contributed by atoms with Gasteiger partial charge in [0.2, 0.25) is 5.91 Å². The third-order valence-corrected chi connectivity index (χ3v) is 4.78. The lowest BCUT2D eigenvalue weighted by Crippen LogP contribution is -2.40. The van der Waals surface area contributed by atoms with E-state index in [4.69, 9.17) is 0 Å². The first-order valence-corrected chi connectivity index (χ1v) is 8.67. The van der Waals surface area contributed by atoms with Gasteiger partial charge in [-0.15, -0.1) is 0 Å². The van der Waals surface area contributed by atoms with Crippen LogP contribution in [0.5, 0.6) is 0 Å². The normalized spacial score (nSPS) is 16.0. The zero-order valence-corrected chi connectivity index (χ0v) is 14.2. The maximum Gasteiger partial charge on any atom is 0.223 e. The lowest BCUT2D eigenvalue weighted by molar-refractivity contribution is -0.126. The smallest absolute Gasteiger partial charge is 0.223 e. The van der Waals surface area contributed by atoms with E-state index in [-0.39, 0.29) is 11.8 Å². The van der Waals surface area contributed by atoms with Crippen LogP contribution in [0.25, 0.3) is 0 Å². The van der Waals surface area contributed by atoms with Gasteiger partial charge in [-0.2, -0.15) is 0 Å². The van der Waals surface area contributed by atoms with E-state index in [0.717, 1.165) is 38.2 Å². The molecule has 0 bridgehead atoms. The zero-order valence-electron chi connectivity index (χ0n) is 14.2. The van der Waals surface area contributed by atoms with Gasteiger partial charge in [-0.25, -0.2) is 0 Å². The average molecular weight is 323 g/mol. The minimum Gasteiger partial charge on any atom is -0.350 e. The number of aryl methyl sites for hydroxylation is 1. The van der Waals surface area contributed by atoms with Gasteiger partial charge in [0.1, 0.15) is 0 Å². The Morgan fingerprint density at radius 2 is 1.92 bits per heavy atom. The number of hydrogen-bond acceptors (Lipinski definition) is 3. The maximum atomic E-state index is 12.3. The quantitative estimate of drug-likeness (QED) is 0.920. The van der Waals surface area contributed by atoms with Gasteiger partial charge in [0.25, 0.3) is 0 Å². The molecular weight excluding hydrogens is 298 g/mol. The van der Waals surface area contributed by atoms with E-state index in [1.807, 2.05) is 18.2 Å². The van der Waals surface area contributed by atoms with Crippen LogP contribution in [0.1, 0.15) is 29.7 Å². The van der Waals surface area contributed by atoms with Crippen LogP contribution in [0.4, 0.5) is 0 Å². The summed E-state index contributed by atoms with van der Waals surface area (Å²) in [6.45, 7) is 5.62. The molecule has 4 heteroatoms. The number of likely N-dealkylation sites (tertiary alicyclic amines) is 1. The third-order valence-electron chi connectivity index (χ3n) is 4.78. The van der Waals surface area contributed by atoms with Crippen molar-refractivity contribution in [2.24, 2.45) is 5.92 Å². The number of carbonyl (C=O) groups is 1. The third kappa shape index (κ3) is 4.42. The SMILES string of the molecule is Cc1ccccc1CN1CCC(C(=O)NCc2ccccn2)CC1. The highest BCUT2D eigenvalue weighted by Gasteiger charge is 2.24. The van der Waals surface area contributed by atoms with E-state index >= 15 is 0 Å². The number of piperidine rings is 1. The second kappa shape index (κ2) is 8.06. The topological polar surface area (TPSA) is 45.2 Å². The predicted octanol–water partition coefficient (Wildman–Crippen LogP) is 2.92. The Bertz CT molecular complexity index is 664. The van der Waals surface area contributed by atoms with Crippen molar-refractivity contribution in [2.45, 2.75) is 32.9 Å². The summed E-state index contributed by atoms with van der Waals surface area (Å²) in [7, 11) is 0. The van der Waals surface area contributed by atoms with Crippen molar-refractivity contribution >= 4 is 5.91 Å². The molecule has 1 saturated heterocycles. The molecule has 0 unspecified atom stereocenters. The van der Waals surface area contributed by atoms with Crippen molar-refractivity contribution in [1.29, 1.82) is 0 Å². The maximum absolute atomic E-state index is 12.3. The number of benzene rings is 1. The molecule has 2 aromatic rings. The van der Waals surface area contributed by atoms with Crippen LogP contribution in [0.3, 0.4) is 0 Å². The Morgan fingerprint density at radius 3 is 2.62 bits per heavy atom. The Balaban J connectivity index is 1.44. The highest BCUT2D eigenvalue weighted by molar-refractivity contribution is 5.78. The van der Waals surface area contributed by atoms with E-state index in [0.29, 0.717) is 6.54 Å². The molecule has 1 aliphatic heterocycles. The van der Waals surface area contributed by atoms with E-state index in [2.05, 4.69) is 46.4 Å². The molecule has 3 rings (SSSR count). The number of aromatic nitrogens is 1. The summed E-state index contributed by atoms with van der Waals surface area (Å²) in [5.41, 5.74) is 3.63. The zero-order chi connectivity index (χ0) is 16.8. The van der Waals surface area contributed by atoms with Crippen molar-refractivity contribution in [2.75, 3.05) is 13.1 Å². The molecule has 1 N–H and O–H groups in total. The summed E-state index contributed by atoms with van der Waals surface area (Å²) in [5.74, 6) is 0.290. The van der Waals surface area contributed by atoms with Crippen molar-refractivity contribution in [3.8, 4) is 0 Å². The van der Waals surface area contributed by atoms with E-state index in [1.165, 1.54) is 11.1 Å². The molecule has 0 radical (unpaired) electrons. The number of nitrogens with zero attached hydrogens (tertiary/aromatic N) is 2. The second-order valence-corrected chi connectivity index (χ2v) is 6.52. The summed E-state index contributed by atoms with van der Waals surface area (Å²) >= 11 is 0. The molecule has 126 valence electrons. The van der Waals surface area contributed by atoms with Crippen molar-refractivity contribution in [3.63, 3.8) is 0 Å². The fourth-order valence-corrected chi connectivity index (χ4v) is 3.21. The molecule has 2 heterocycles. The largest absolute Gasteiger partial charge is 0.350 e. The second-order valence-electron chi connectivity index (χ2n) is 6.52. The minimum atomic E-state index is 0.127. The summed E-state index contributed by atoms with van der Waals surface area (Å²) in [6.07, 6.45) is 3.62. The first-order valence-electron chi connectivity index (χ1n) is 8.67. The van der Waals surface area contributed by atoms with Gasteiger partial charge in [-0.1, -0.05) is 30.3 Å². The minimum absolute atomic E-state index is 0.127. The monoisotopic (exact) mass is 323 g/mol. The Labute approximate surface area is 143 Å². The highest BCUT2D eigenvalue weighted by Crippen LogP contribution is 2.20. The molecule has 0 saturated carbocycles. The number of pyridine rings is 1. The molecule has 0 aliphatic carbocycles. The van der Waals surface area contributed by atoms with Crippen LogP contribution in [0, 0.1) is 12.8 Å². The Morgan fingerprint density at radius 1 is 1.17 bits per heavy atom. The molecule has 0 spiro atoms.